The second-order valence-corrected chi connectivity index (χ2v) is 3.38. The third-order valence-electron chi connectivity index (χ3n) is 2.25. The fourth-order valence-corrected chi connectivity index (χ4v) is 1.51. The molecule has 0 aromatic heterocycles. The van der Waals surface area contributed by atoms with Crippen LogP contribution in [-0.2, 0) is 4.79 Å². The molecule has 0 aliphatic rings. The van der Waals surface area contributed by atoms with Crippen LogP contribution >= 0.6 is 0 Å². The van der Waals surface area contributed by atoms with Crippen molar-refractivity contribution >= 4 is 17.9 Å². The highest BCUT2D eigenvalue weighted by Crippen LogP contribution is 2.26. The number of nitro groups is 1. The summed E-state index contributed by atoms with van der Waals surface area (Å²) in [5, 5.41) is 28.6. The molecule has 90 valence electrons. The molecule has 0 saturated carbocycles. The van der Waals surface area contributed by atoms with Gasteiger partial charge in [-0.2, -0.15) is 0 Å². The van der Waals surface area contributed by atoms with Crippen molar-refractivity contribution in [2.45, 2.75) is 13.0 Å². The Morgan fingerprint density at radius 1 is 1.53 bits per heavy atom. The topological polar surface area (TPSA) is 118 Å². The molecule has 0 aliphatic heterocycles. The maximum atomic E-state index is 10.8. The number of aliphatic hydroxyl groups is 1. The molecule has 0 heterocycles. The van der Waals surface area contributed by atoms with Crippen molar-refractivity contribution in [3.63, 3.8) is 0 Å². The number of carbonyl (C=O) groups excluding carboxylic acids is 1. The number of hydrogen-bond donors (Lipinski definition) is 2. The third kappa shape index (κ3) is 2.45. The molecule has 1 rings (SSSR count). The normalized spacial score (nSPS) is 11.9. The first kappa shape index (κ1) is 12.8. The molecule has 0 saturated heterocycles. The predicted molar refractivity (Wildman–Crippen MR) is 55.8 cm³/mol. The van der Waals surface area contributed by atoms with Crippen LogP contribution in [0.2, 0.25) is 0 Å². The van der Waals surface area contributed by atoms with Crippen LogP contribution in [0.25, 0.3) is 0 Å². The summed E-state index contributed by atoms with van der Waals surface area (Å²) in [6, 6.07) is 2.04. The summed E-state index contributed by atoms with van der Waals surface area (Å²) in [6.45, 7) is 1.39. The Bertz CT molecular complexity index is 496. The van der Waals surface area contributed by atoms with Crippen LogP contribution < -0.4 is 0 Å². The van der Waals surface area contributed by atoms with Crippen molar-refractivity contribution in [3.05, 3.63) is 38.9 Å². The molecule has 7 nitrogen and oxygen atoms in total. The molecule has 1 unspecified atom stereocenters. The van der Waals surface area contributed by atoms with Gasteiger partial charge in [0.2, 0.25) is 0 Å². The largest absolute Gasteiger partial charge is 0.479 e. The van der Waals surface area contributed by atoms with Crippen LogP contribution in [0.5, 0.6) is 0 Å². The maximum absolute atomic E-state index is 10.8. The number of nitrogens with zero attached hydrogens (tertiary/aromatic N) is 1. The first-order valence-electron chi connectivity index (χ1n) is 4.53. The van der Waals surface area contributed by atoms with E-state index in [4.69, 9.17) is 5.11 Å². The number of hydrogen-bond acceptors (Lipinski definition) is 5. The molecule has 0 bridgehead atoms. The Kier molecular flexibility index (Phi) is 3.54. The number of carboxylic acid groups (broad SMARTS) is 1. The van der Waals surface area contributed by atoms with Gasteiger partial charge in [-0.15, -0.1) is 0 Å². The second kappa shape index (κ2) is 4.71. The van der Waals surface area contributed by atoms with Crippen molar-refractivity contribution in [2.75, 3.05) is 0 Å². The maximum Gasteiger partial charge on any atom is 0.337 e. The van der Waals surface area contributed by atoms with Crippen LogP contribution in [0.3, 0.4) is 0 Å². The van der Waals surface area contributed by atoms with Gasteiger partial charge < -0.3 is 10.2 Å². The Balaban J connectivity index is 3.46. The van der Waals surface area contributed by atoms with Gasteiger partial charge in [0.1, 0.15) is 0 Å². The lowest BCUT2D eigenvalue weighted by atomic mass is 9.97. The molecule has 0 amide bonds. The van der Waals surface area contributed by atoms with Crippen LogP contribution in [0.15, 0.2) is 12.1 Å². The number of nitro benzene ring substituents is 1. The number of non-ortho nitro benzene ring substituents is 1. The molecule has 17 heavy (non-hydrogen) atoms. The number of rotatable bonds is 4. The molecule has 0 aliphatic carbocycles. The minimum absolute atomic E-state index is 0.127. The van der Waals surface area contributed by atoms with Gasteiger partial charge in [-0.25, -0.2) is 4.79 Å². The Labute approximate surface area is 95.5 Å². The van der Waals surface area contributed by atoms with Crippen molar-refractivity contribution in [2.24, 2.45) is 0 Å². The van der Waals surface area contributed by atoms with Gasteiger partial charge in [0.05, 0.1) is 4.92 Å². The van der Waals surface area contributed by atoms with Crippen molar-refractivity contribution in [3.8, 4) is 0 Å². The second-order valence-electron chi connectivity index (χ2n) is 3.38. The third-order valence-corrected chi connectivity index (χ3v) is 2.25. The summed E-state index contributed by atoms with van der Waals surface area (Å²) >= 11 is 0. The predicted octanol–water partition coefficient (Wildman–Crippen LogP) is 0.834. The van der Waals surface area contributed by atoms with E-state index in [2.05, 4.69) is 0 Å². The van der Waals surface area contributed by atoms with Gasteiger partial charge in [0.25, 0.3) is 5.69 Å². The van der Waals surface area contributed by atoms with Gasteiger partial charge in [0, 0.05) is 23.3 Å². The molecular formula is C10H9NO6. The minimum atomic E-state index is -1.88. The van der Waals surface area contributed by atoms with Crippen LogP contribution in [-0.4, -0.2) is 27.4 Å². The van der Waals surface area contributed by atoms with E-state index in [0.29, 0.717) is 0 Å². The van der Waals surface area contributed by atoms with Gasteiger partial charge in [-0.3, -0.25) is 14.9 Å². The number of aryl methyl sites for hydroxylation is 1. The summed E-state index contributed by atoms with van der Waals surface area (Å²) < 4.78 is 0. The smallest absolute Gasteiger partial charge is 0.337 e. The van der Waals surface area contributed by atoms with Gasteiger partial charge in [-0.05, 0) is 12.5 Å². The van der Waals surface area contributed by atoms with E-state index >= 15 is 0 Å². The Hall–Kier alpha value is -2.28. The number of benzene rings is 1. The molecule has 0 spiro atoms. The van der Waals surface area contributed by atoms with E-state index in [0.717, 1.165) is 12.1 Å². The van der Waals surface area contributed by atoms with E-state index in [9.17, 15) is 24.8 Å². The van der Waals surface area contributed by atoms with Crippen molar-refractivity contribution in [1.29, 1.82) is 0 Å². The SMILES string of the molecule is Cc1cc([N+](=O)[O-])cc(C=O)c1C(O)C(=O)O. The highest BCUT2D eigenvalue weighted by atomic mass is 16.6. The van der Waals surface area contributed by atoms with Gasteiger partial charge >= 0.3 is 5.97 Å². The number of aliphatic hydroxyl groups excluding tert-OH is 1. The molecule has 2 N–H and O–H groups in total. The molecule has 1 aromatic rings. The minimum Gasteiger partial charge on any atom is -0.479 e. The molecular weight excluding hydrogens is 230 g/mol. The highest BCUT2D eigenvalue weighted by molar-refractivity contribution is 5.85. The van der Waals surface area contributed by atoms with Gasteiger partial charge in [0.15, 0.2) is 12.4 Å². The summed E-state index contributed by atoms with van der Waals surface area (Å²) in [6.07, 6.45) is -1.60. The fourth-order valence-electron chi connectivity index (χ4n) is 1.51. The van der Waals surface area contributed by atoms with Crippen molar-refractivity contribution in [1.82, 2.24) is 0 Å². The lowest BCUT2D eigenvalue weighted by molar-refractivity contribution is -0.384. The quantitative estimate of drug-likeness (QED) is 0.456. The zero-order chi connectivity index (χ0) is 13.2. The Morgan fingerprint density at radius 2 is 2.12 bits per heavy atom. The lowest BCUT2D eigenvalue weighted by Gasteiger charge is -2.11. The number of aliphatic carboxylic acids is 1. The summed E-state index contributed by atoms with van der Waals surface area (Å²) in [4.78, 5) is 31.2. The van der Waals surface area contributed by atoms with Crippen LogP contribution in [0.1, 0.15) is 27.6 Å². The molecule has 7 heteroatoms. The van der Waals surface area contributed by atoms with E-state index in [1.54, 1.807) is 0 Å². The summed E-state index contributed by atoms with van der Waals surface area (Å²) in [7, 11) is 0. The summed E-state index contributed by atoms with van der Waals surface area (Å²) in [5.41, 5.74) is -0.480. The molecule has 0 radical (unpaired) electrons. The van der Waals surface area contributed by atoms with E-state index < -0.39 is 17.0 Å². The van der Waals surface area contributed by atoms with E-state index in [1.165, 1.54) is 6.92 Å². The fraction of sp³-hybridized carbons (Fsp3) is 0.200. The van der Waals surface area contributed by atoms with Crippen LogP contribution in [0, 0.1) is 17.0 Å². The molecule has 1 atom stereocenters. The number of carboxylic acids is 1. The zero-order valence-corrected chi connectivity index (χ0v) is 8.78. The number of aldehydes is 1. The molecule has 1 aromatic carbocycles. The lowest BCUT2D eigenvalue weighted by Crippen LogP contribution is -2.14. The first-order valence-corrected chi connectivity index (χ1v) is 4.53. The number of carbonyl (C=O) groups is 2. The Morgan fingerprint density at radius 3 is 2.53 bits per heavy atom. The summed E-state index contributed by atoms with van der Waals surface area (Å²) in [5.74, 6) is -1.52. The standard InChI is InChI=1S/C10H9NO6/c1-5-2-7(11(16)17)3-6(4-12)8(5)9(13)10(14)15/h2-4,9,13H,1H3,(H,14,15). The van der Waals surface area contributed by atoms with Crippen molar-refractivity contribution < 1.29 is 24.7 Å². The van der Waals surface area contributed by atoms with E-state index in [1.807, 2.05) is 0 Å². The van der Waals surface area contributed by atoms with Gasteiger partial charge in [-0.1, -0.05) is 0 Å². The average molecular weight is 239 g/mol. The van der Waals surface area contributed by atoms with E-state index in [-0.39, 0.29) is 28.7 Å². The monoisotopic (exact) mass is 239 g/mol. The zero-order valence-electron chi connectivity index (χ0n) is 8.78. The molecule has 0 fully saturated rings. The first-order chi connectivity index (χ1) is 7.88. The average Bonchev–Trinajstić information content (AvgIpc) is 2.26. The van der Waals surface area contributed by atoms with Crippen LogP contribution in [0.4, 0.5) is 5.69 Å². The highest BCUT2D eigenvalue weighted by Gasteiger charge is 2.24.